The van der Waals surface area contributed by atoms with Crippen molar-refractivity contribution in [2.45, 2.75) is 26.7 Å². The first-order chi connectivity index (χ1) is 14.5. The van der Waals surface area contributed by atoms with Gasteiger partial charge in [0.1, 0.15) is 22.6 Å². The van der Waals surface area contributed by atoms with E-state index in [-0.39, 0.29) is 17.1 Å². The highest BCUT2D eigenvalue weighted by atomic mass is 16.5. The SMILES string of the molecule is CCC(CC)COC(=O)c1c(N)n(-c2cccc(O)c2)c2nc3ccccc3nc12. The second-order valence-electron chi connectivity index (χ2n) is 7.28. The van der Waals surface area contributed by atoms with Crippen LogP contribution in [0, 0.1) is 5.92 Å². The van der Waals surface area contributed by atoms with Crippen molar-refractivity contribution < 1.29 is 14.6 Å². The third-order valence-corrected chi connectivity index (χ3v) is 5.39. The van der Waals surface area contributed by atoms with Gasteiger partial charge in [0.15, 0.2) is 5.65 Å². The van der Waals surface area contributed by atoms with E-state index in [0.29, 0.717) is 40.4 Å². The molecule has 0 bridgehead atoms. The number of carbonyl (C=O) groups excluding carboxylic acids is 1. The quantitative estimate of drug-likeness (QED) is 0.460. The molecule has 2 aromatic heterocycles. The Morgan fingerprint density at radius 2 is 1.80 bits per heavy atom. The monoisotopic (exact) mass is 404 g/mol. The van der Waals surface area contributed by atoms with Crippen molar-refractivity contribution in [1.29, 1.82) is 0 Å². The predicted molar refractivity (Wildman–Crippen MR) is 117 cm³/mol. The number of phenols is 1. The van der Waals surface area contributed by atoms with Crippen molar-refractivity contribution >= 4 is 34.0 Å². The minimum absolute atomic E-state index is 0.0837. The highest BCUT2D eigenvalue weighted by Gasteiger charge is 2.26. The van der Waals surface area contributed by atoms with Gasteiger partial charge in [0.25, 0.3) is 0 Å². The van der Waals surface area contributed by atoms with Crippen LogP contribution in [0.3, 0.4) is 0 Å². The van der Waals surface area contributed by atoms with E-state index in [9.17, 15) is 9.90 Å². The molecule has 2 aromatic carbocycles. The van der Waals surface area contributed by atoms with Crippen molar-refractivity contribution in [3.8, 4) is 11.4 Å². The Labute approximate surface area is 174 Å². The highest BCUT2D eigenvalue weighted by Crippen LogP contribution is 2.32. The molecule has 4 aromatic rings. The first kappa shape index (κ1) is 19.7. The second-order valence-corrected chi connectivity index (χ2v) is 7.28. The lowest BCUT2D eigenvalue weighted by Crippen LogP contribution is -2.15. The fraction of sp³-hybridized carbons (Fsp3) is 0.261. The van der Waals surface area contributed by atoms with E-state index in [4.69, 9.17) is 15.5 Å². The maximum Gasteiger partial charge on any atom is 0.344 e. The molecule has 0 saturated carbocycles. The molecule has 0 saturated heterocycles. The fourth-order valence-electron chi connectivity index (χ4n) is 3.55. The lowest BCUT2D eigenvalue weighted by molar-refractivity contribution is 0.0436. The number of nitrogen functional groups attached to an aromatic ring is 1. The molecule has 30 heavy (non-hydrogen) atoms. The Bertz CT molecular complexity index is 1230. The van der Waals surface area contributed by atoms with Gasteiger partial charge in [-0.2, -0.15) is 0 Å². The molecule has 7 heteroatoms. The average Bonchev–Trinajstić information content (AvgIpc) is 3.03. The normalized spacial score (nSPS) is 11.4. The number of esters is 1. The number of carbonyl (C=O) groups is 1. The van der Waals surface area contributed by atoms with E-state index >= 15 is 0 Å². The van der Waals surface area contributed by atoms with Gasteiger partial charge in [-0.15, -0.1) is 0 Å². The van der Waals surface area contributed by atoms with Gasteiger partial charge in [-0.3, -0.25) is 4.57 Å². The zero-order chi connectivity index (χ0) is 21.3. The molecule has 0 radical (unpaired) electrons. The number of hydrogen-bond donors (Lipinski definition) is 2. The Morgan fingerprint density at radius 1 is 1.10 bits per heavy atom. The smallest absolute Gasteiger partial charge is 0.344 e. The number of benzene rings is 2. The Kier molecular flexibility index (Phi) is 5.27. The van der Waals surface area contributed by atoms with Crippen LogP contribution in [0.1, 0.15) is 37.0 Å². The minimum atomic E-state index is -0.520. The van der Waals surface area contributed by atoms with Crippen molar-refractivity contribution in [2.24, 2.45) is 5.92 Å². The van der Waals surface area contributed by atoms with E-state index < -0.39 is 5.97 Å². The predicted octanol–water partition coefficient (Wildman–Crippen LogP) is 4.45. The largest absolute Gasteiger partial charge is 0.508 e. The number of ether oxygens (including phenoxy) is 1. The number of hydrogen-bond acceptors (Lipinski definition) is 6. The van der Waals surface area contributed by atoms with Crippen molar-refractivity contribution in [2.75, 3.05) is 12.3 Å². The molecule has 4 rings (SSSR count). The summed E-state index contributed by atoms with van der Waals surface area (Å²) in [4.78, 5) is 22.4. The molecule has 2 heterocycles. The van der Waals surface area contributed by atoms with E-state index in [1.165, 1.54) is 0 Å². The second kappa shape index (κ2) is 8.02. The lowest BCUT2D eigenvalue weighted by Gasteiger charge is -2.12. The molecular formula is C23H24N4O3. The third-order valence-electron chi connectivity index (χ3n) is 5.39. The zero-order valence-corrected chi connectivity index (χ0v) is 17.0. The maximum atomic E-state index is 13.0. The van der Waals surface area contributed by atoms with E-state index in [1.807, 2.05) is 24.3 Å². The molecule has 0 aliphatic heterocycles. The summed E-state index contributed by atoms with van der Waals surface area (Å²) in [6.07, 6.45) is 1.85. The van der Waals surface area contributed by atoms with Gasteiger partial charge in [-0.1, -0.05) is 44.9 Å². The van der Waals surface area contributed by atoms with Crippen molar-refractivity contribution in [3.63, 3.8) is 0 Å². The molecular weight excluding hydrogens is 380 g/mol. The molecule has 0 fully saturated rings. The summed E-state index contributed by atoms with van der Waals surface area (Å²) in [5.41, 5.74) is 9.37. The Balaban J connectivity index is 1.92. The van der Waals surface area contributed by atoms with Crippen LogP contribution in [0.4, 0.5) is 5.82 Å². The van der Waals surface area contributed by atoms with Crippen LogP contribution in [0.2, 0.25) is 0 Å². The molecule has 3 N–H and O–H groups in total. The number of rotatable bonds is 6. The fourth-order valence-corrected chi connectivity index (χ4v) is 3.55. The van der Waals surface area contributed by atoms with Gasteiger partial charge in [-0.05, 0) is 30.2 Å². The number of para-hydroxylation sites is 2. The van der Waals surface area contributed by atoms with Crippen LogP contribution < -0.4 is 5.73 Å². The topological polar surface area (TPSA) is 103 Å². The van der Waals surface area contributed by atoms with Crippen LogP contribution in [0.15, 0.2) is 48.5 Å². The Morgan fingerprint density at radius 3 is 2.47 bits per heavy atom. The van der Waals surface area contributed by atoms with Gasteiger partial charge in [-0.25, -0.2) is 14.8 Å². The van der Waals surface area contributed by atoms with Crippen LogP contribution in [0.5, 0.6) is 5.75 Å². The number of phenolic OH excluding ortho intramolecular Hbond substituents is 1. The highest BCUT2D eigenvalue weighted by molar-refractivity contribution is 6.09. The molecule has 0 spiro atoms. The van der Waals surface area contributed by atoms with Crippen LogP contribution in [-0.2, 0) is 4.74 Å². The Hall–Kier alpha value is -3.61. The van der Waals surface area contributed by atoms with E-state index in [0.717, 1.165) is 12.8 Å². The number of nitrogens with zero attached hydrogens (tertiary/aromatic N) is 3. The minimum Gasteiger partial charge on any atom is -0.508 e. The van der Waals surface area contributed by atoms with E-state index in [1.54, 1.807) is 28.8 Å². The average molecular weight is 404 g/mol. The first-order valence-electron chi connectivity index (χ1n) is 10.1. The summed E-state index contributed by atoms with van der Waals surface area (Å²) in [6.45, 7) is 4.47. The van der Waals surface area contributed by atoms with Gasteiger partial charge < -0.3 is 15.6 Å². The maximum absolute atomic E-state index is 13.0. The van der Waals surface area contributed by atoms with Gasteiger partial charge >= 0.3 is 5.97 Å². The zero-order valence-electron chi connectivity index (χ0n) is 17.0. The summed E-state index contributed by atoms with van der Waals surface area (Å²) >= 11 is 0. The van der Waals surface area contributed by atoms with Crippen LogP contribution >= 0.6 is 0 Å². The molecule has 154 valence electrons. The van der Waals surface area contributed by atoms with Crippen LogP contribution in [-0.4, -0.2) is 32.2 Å². The summed E-state index contributed by atoms with van der Waals surface area (Å²) in [6, 6.07) is 14.0. The summed E-state index contributed by atoms with van der Waals surface area (Å²) < 4.78 is 7.22. The molecule has 0 atom stereocenters. The number of nitrogens with two attached hydrogens (primary N) is 1. The molecule has 0 amide bonds. The number of fused-ring (bicyclic) bond motifs is 2. The van der Waals surface area contributed by atoms with Crippen molar-refractivity contribution in [1.82, 2.24) is 14.5 Å². The van der Waals surface area contributed by atoms with Gasteiger partial charge in [0.05, 0.1) is 23.3 Å². The lowest BCUT2D eigenvalue weighted by atomic mass is 10.1. The van der Waals surface area contributed by atoms with E-state index in [2.05, 4.69) is 18.8 Å². The number of anilines is 1. The standard InChI is InChI=1S/C23H24N4O3/c1-3-14(4-2)13-30-23(29)19-20-22(26-18-11-6-5-10-17(18)25-20)27(21(19)24)15-8-7-9-16(28)12-15/h5-12,14,28H,3-4,13,24H2,1-2H3. The molecule has 7 nitrogen and oxygen atoms in total. The first-order valence-corrected chi connectivity index (χ1v) is 10.1. The van der Waals surface area contributed by atoms with Crippen LogP contribution in [0.25, 0.3) is 27.9 Å². The van der Waals surface area contributed by atoms with Crippen molar-refractivity contribution in [3.05, 3.63) is 54.1 Å². The van der Waals surface area contributed by atoms with Gasteiger partial charge in [0.2, 0.25) is 0 Å². The molecule has 0 aliphatic rings. The molecule has 0 aliphatic carbocycles. The summed E-state index contributed by atoms with van der Waals surface area (Å²) in [5.74, 6) is 0.0372. The number of aromatic hydroxyl groups is 1. The van der Waals surface area contributed by atoms with Gasteiger partial charge in [0, 0.05) is 6.07 Å². The summed E-state index contributed by atoms with van der Waals surface area (Å²) in [5, 5.41) is 9.94. The number of aromatic nitrogens is 3. The summed E-state index contributed by atoms with van der Waals surface area (Å²) in [7, 11) is 0. The molecule has 0 unspecified atom stereocenters. The third kappa shape index (κ3) is 3.43.